The normalized spacial score (nSPS) is 14.8. The van der Waals surface area contributed by atoms with E-state index >= 15 is 0 Å². The van der Waals surface area contributed by atoms with Crippen LogP contribution < -0.4 is 21.7 Å². The molecular weight excluding hydrogens is 424 g/mol. The van der Waals surface area contributed by atoms with Gasteiger partial charge in [-0.2, -0.15) is 12.6 Å². The first-order valence-corrected chi connectivity index (χ1v) is 10.4. The first-order chi connectivity index (χ1) is 14.6. The quantitative estimate of drug-likeness (QED) is 0.192. The van der Waals surface area contributed by atoms with Crippen LogP contribution in [-0.2, 0) is 25.6 Å². The van der Waals surface area contributed by atoms with Crippen molar-refractivity contribution in [3.8, 4) is 0 Å². The summed E-state index contributed by atoms with van der Waals surface area (Å²) >= 11 is 3.94. The molecule has 0 radical (unpaired) electrons. The van der Waals surface area contributed by atoms with Gasteiger partial charge in [-0.3, -0.25) is 14.4 Å². The van der Waals surface area contributed by atoms with Crippen molar-refractivity contribution < 1.29 is 29.4 Å². The first kappa shape index (κ1) is 26.4. The van der Waals surface area contributed by atoms with Gasteiger partial charge in [0.05, 0.1) is 12.6 Å². The number of amides is 3. The fraction of sp³-hybridized carbons (Fsp3) is 0.500. The molecule has 0 heterocycles. The highest BCUT2D eigenvalue weighted by molar-refractivity contribution is 7.80. The van der Waals surface area contributed by atoms with E-state index in [1.54, 1.807) is 44.2 Å². The number of thiol groups is 1. The number of aliphatic carboxylic acids is 1. The molecule has 4 atom stereocenters. The number of carboxylic acid groups (broad SMARTS) is 1. The van der Waals surface area contributed by atoms with E-state index in [-0.39, 0.29) is 18.1 Å². The number of carbonyl (C=O) groups is 4. The molecule has 31 heavy (non-hydrogen) atoms. The van der Waals surface area contributed by atoms with E-state index in [2.05, 4.69) is 28.6 Å². The van der Waals surface area contributed by atoms with Crippen LogP contribution in [0.5, 0.6) is 0 Å². The van der Waals surface area contributed by atoms with E-state index in [1.807, 2.05) is 0 Å². The number of carboxylic acids is 1. The number of nitrogens with two attached hydrogens (primary N) is 1. The Bertz CT molecular complexity index is 761. The lowest BCUT2D eigenvalue weighted by Gasteiger charge is -2.26. The van der Waals surface area contributed by atoms with Crippen LogP contribution in [0.3, 0.4) is 0 Å². The van der Waals surface area contributed by atoms with Gasteiger partial charge in [0.2, 0.25) is 17.7 Å². The minimum Gasteiger partial charge on any atom is -0.480 e. The van der Waals surface area contributed by atoms with E-state index in [9.17, 15) is 29.4 Å². The standard InChI is InChI=1S/C20H30N4O6S/c1-11(2)16(24-17(26)13(21)10-31)19(28)23-15(9-25)18(27)22-14(20(29)30)8-12-6-4-3-5-7-12/h3-7,11,13-16,25,31H,8-10,21H2,1-2H3,(H,22,27)(H,23,28)(H,24,26)(H,29,30). The smallest absolute Gasteiger partial charge is 0.326 e. The van der Waals surface area contributed by atoms with Gasteiger partial charge in [-0.05, 0) is 11.5 Å². The molecule has 1 rings (SSSR count). The summed E-state index contributed by atoms with van der Waals surface area (Å²) in [7, 11) is 0. The van der Waals surface area contributed by atoms with E-state index in [1.165, 1.54) is 0 Å². The van der Waals surface area contributed by atoms with Crippen molar-refractivity contribution >= 4 is 36.3 Å². The maximum atomic E-state index is 12.6. The zero-order chi connectivity index (χ0) is 23.6. The van der Waals surface area contributed by atoms with Gasteiger partial charge >= 0.3 is 5.97 Å². The lowest BCUT2D eigenvalue weighted by atomic mass is 10.0. The number of aliphatic hydroxyl groups is 1. The van der Waals surface area contributed by atoms with E-state index in [0.717, 1.165) is 0 Å². The molecule has 1 aromatic carbocycles. The first-order valence-electron chi connectivity index (χ1n) is 9.75. The lowest BCUT2D eigenvalue weighted by Crippen LogP contribution is -2.59. The summed E-state index contributed by atoms with van der Waals surface area (Å²) in [5.41, 5.74) is 6.30. The fourth-order valence-electron chi connectivity index (χ4n) is 2.66. The van der Waals surface area contributed by atoms with E-state index < -0.39 is 54.5 Å². The van der Waals surface area contributed by atoms with E-state index in [0.29, 0.717) is 5.56 Å². The van der Waals surface area contributed by atoms with Crippen molar-refractivity contribution in [1.82, 2.24) is 16.0 Å². The number of rotatable bonds is 12. The second kappa shape index (κ2) is 12.9. The molecule has 0 aliphatic rings. The molecule has 1 aromatic rings. The van der Waals surface area contributed by atoms with Gasteiger partial charge in [-0.1, -0.05) is 44.2 Å². The molecule has 0 spiro atoms. The minimum absolute atomic E-state index is 0.0281. The van der Waals surface area contributed by atoms with Crippen molar-refractivity contribution in [2.45, 2.75) is 44.4 Å². The van der Waals surface area contributed by atoms with Crippen LogP contribution in [0.1, 0.15) is 19.4 Å². The molecular formula is C20H30N4O6S. The van der Waals surface area contributed by atoms with E-state index in [4.69, 9.17) is 5.73 Å². The molecule has 0 saturated carbocycles. The zero-order valence-corrected chi connectivity index (χ0v) is 18.3. The van der Waals surface area contributed by atoms with Crippen molar-refractivity contribution in [2.75, 3.05) is 12.4 Å². The Balaban J connectivity index is 2.83. The highest BCUT2D eigenvalue weighted by Crippen LogP contribution is 2.06. The van der Waals surface area contributed by atoms with Crippen LogP contribution in [0.2, 0.25) is 0 Å². The monoisotopic (exact) mass is 454 g/mol. The number of nitrogens with one attached hydrogen (secondary N) is 3. The largest absolute Gasteiger partial charge is 0.480 e. The Labute approximate surface area is 186 Å². The van der Waals surface area contributed by atoms with Gasteiger partial charge in [-0.15, -0.1) is 0 Å². The Morgan fingerprint density at radius 1 is 0.968 bits per heavy atom. The average Bonchev–Trinajstić information content (AvgIpc) is 2.74. The zero-order valence-electron chi connectivity index (χ0n) is 17.4. The molecule has 4 unspecified atom stereocenters. The summed E-state index contributed by atoms with van der Waals surface area (Å²) < 4.78 is 0. The predicted molar refractivity (Wildman–Crippen MR) is 117 cm³/mol. The highest BCUT2D eigenvalue weighted by Gasteiger charge is 2.31. The number of hydrogen-bond acceptors (Lipinski definition) is 7. The predicted octanol–water partition coefficient (Wildman–Crippen LogP) is -1.33. The van der Waals surface area contributed by atoms with Gasteiger partial charge in [0.15, 0.2) is 0 Å². The second-order valence-corrected chi connectivity index (χ2v) is 7.72. The van der Waals surface area contributed by atoms with Gasteiger partial charge < -0.3 is 31.9 Å². The van der Waals surface area contributed by atoms with Gasteiger partial charge in [0.25, 0.3) is 0 Å². The molecule has 0 aliphatic carbocycles. The molecule has 0 bridgehead atoms. The van der Waals surface area contributed by atoms with Crippen molar-refractivity contribution in [3.63, 3.8) is 0 Å². The summed E-state index contributed by atoms with van der Waals surface area (Å²) in [6.45, 7) is 2.61. The molecule has 0 aromatic heterocycles. The minimum atomic E-state index is -1.40. The topological polar surface area (TPSA) is 171 Å². The van der Waals surface area contributed by atoms with Crippen LogP contribution in [0.25, 0.3) is 0 Å². The summed E-state index contributed by atoms with van der Waals surface area (Å²) in [5, 5.41) is 26.2. The third-order valence-corrected chi connectivity index (χ3v) is 4.89. The highest BCUT2D eigenvalue weighted by atomic mass is 32.1. The lowest BCUT2D eigenvalue weighted by molar-refractivity contribution is -0.142. The van der Waals surface area contributed by atoms with Crippen LogP contribution in [-0.4, -0.2) is 70.4 Å². The summed E-state index contributed by atoms with van der Waals surface area (Å²) in [6, 6.07) is 4.12. The Morgan fingerprint density at radius 2 is 1.55 bits per heavy atom. The van der Waals surface area contributed by atoms with Crippen LogP contribution in [0.15, 0.2) is 30.3 Å². The third kappa shape index (κ3) is 8.56. The molecule has 3 amide bonds. The maximum Gasteiger partial charge on any atom is 0.326 e. The molecule has 10 nitrogen and oxygen atoms in total. The van der Waals surface area contributed by atoms with Crippen molar-refractivity contribution in [3.05, 3.63) is 35.9 Å². The van der Waals surface area contributed by atoms with Gasteiger partial charge in [0.1, 0.15) is 18.1 Å². The Hall–Kier alpha value is -2.63. The number of carbonyl (C=O) groups excluding carboxylic acids is 3. The van der Waals surface area contributed by atoms with Crippen LogP contribution >= 0.6 is 12.6 Å². The van der Waals surface area contributed by atoms with Gasteiger partial charge in [0, 0.05) is 12.2 Å². The SMILES string of the molecule is CC(C)C(NC(=O)C(N)CS)C(=O)NC(CO)C(=O)NC(Cc1ccccc1)C(=O)O. The fourth-order valence-corrected chi connectivity index (χ4v) is 2.82. The molecule has 0 saturated heterocycles. The molecule has 172 valence electrons. The molecule has 0 fully saturated rings. The Morgan fingerprint density at radius 3 is 2.03 bits per heavy atom. The van der Waals surface area contributed by atoms with Crippen molar-refractivity contribution in [1.29, 1.82) is 0 Å². The van der Waals surface area contributed by atoms with Gasteiger partial charge in [-0.25, -0.2) is 4.79 Å². The summed E-state index contributed by atoms with van der Waals surface area (Å²) in [4.78, 5) is 48.7. The number of aliphatic hydroxyl groups excluding tert-OH is 1. The van der Waals surface area contributed by atoms with Crippen LogP contribution in [0, 0.1) is 5.92 Å². The second-order valence-electron chi connectivity index (χ2n) is 7.35. The summed E-state index contributed by atoms with van der Waals surface area (Å²) in [6.07, 6.45) is 0.0281. The summed E-state index contributed by atoms with van der Waals surface area (Å²) in [5.74, 6) is -3.67. The molecule has 0 aliphatic heterocycles. The molecule has 7 N–H and O–H groups in total. The number of hydrogen-bond donors (Lipinski definition) is 7. The molecule has 11 heteroatoms. The number of benzene rings is 1. The Kier molecular flexibility index (Phi) is 11.0. The maximum absolute atomic E-state index is 12.6. The van der Waals surface area contributed by atoms with Crippen molar-refractivity contribution in [2.24, 2.45) is 11.7 Å². The van der Waals surface area contributed by atoms with Crippen LogP contribution in [0.4, 0.5) is 0 Å². The third-order valence-electron chi connectivity index (χ3n) is 4.49. The average molecular weight is 455 g/mol.